The number of hydrogen-bond donors (Lipinski definition) is 3. The number of nitrogens with zero attached hydrogens (tertiary/aromatic N) is 4. The minimum Gasteiger partial charge on any atom is -0.477 e. The molecular weight excluding hydrogens is 292 g/mol. The second-order valence-electron chi connectivity index (χ2n) is 4.38. The number of rotatable bonds is 5. The molecule has 22 heavy (non-hydrogen) atoms. The Morgan fingerprint density at radius 3 is 2.50 bits per heavy atom. The Kier molecular flexibility index (Phi) is 3.93. The highest BCUT2D eigenvalue weighted by Crippen LogP contribution is 2.17. The molecule has 10 heteroatoms. The van der Waals surface area contributed by atoms with Gasteiger partial charge in [-0.1, -0.05) is 0 Å². The molecule has 0 saturated heterocycles. The Hall–Kier alpha value is -3.17. The van der Waals surface area contributed by atoms with Gasteiger partial charge in [0.05, 0.1) is 23.6 Å². The van der Waals surface area contributed by atoms with Crippen LogP contribution in [0.25, 0.3) is 0 Å². The third-order valence-corrected chi connectivity index (χ3v) is 3.01. The second-order valence-corrected chi connectivity index (χ2v) is 4.38. The van der Waals surface area contributed by atoms with Crippen LogP contribution in [0.3, 0.4) is 0 Å². The molecule has 0 saturated carbocycles. The summed E-state index contributed by atoms with van der Waals surface area (Å²) < 4.78 is 2.40. The third kappa shape index (κ3) is 2.53. The molecular formula is C12H14N6O4. The van der Waals surface area contributed by atoms with Crippen LogP contribution in [-0.2, 0) is 13.6 Å². The Morgan fingerprint density at radius 1 is 1.27 bits per heavy atom. The van der Waals surface area contributed by atoms with E-state index in [4.69, 9.17) is 10.8 Å². The molecule has 2 heterocycles. The number of carboxylic acid groups (broad SMARTS) is 1. The molecule has 0 radical (unpaired) electrons. The Bertz CT molecular complexity index is 760. The highest BCUT2D eigenvalue weighted by Gasteiger charge is 2.24. The lowest BCUT2D eigenvalue weighted by Gasteiger charge is -2.06. The largest absolute Gasteiger partial charge is 0.477 e. The van der Waals surface area contributed by atoms with Crippen LogP contribution in [0.1, 0.15) is 38.3 Å². The Labute approximate surface area is 124 Å². The number of carboxylic acids is 1. The third-order valence-electron chi connectivity index (χ3n) is 3.01. The fraction of sp³-hybridized carbons (Fsp3) is 0.250. The van der Waals surface area contributed by atoms with Crippen LogP contribution in [0.15, 0.2) is 12.4 Å². The predicted octanol–water partition coefficient (Wildman–Crippen LogP) is -0.314. The maximum absolute atomic E-state index is 12.2. The number of hydrogen-bond acceptors (Lipinski definition) is 5. The molecule has 2 rings (SSSR count). The SMILES string of the molecule is CCn1ncc(NC(=O)c2cnn(C)c2C(=O)O)c1C(N)=O. The van der Waals surface area contributed by atoms with Gasteiger partial charge in [0.1, 0.15) is 5.69 Å². The summed E-state index contributed by atoms with van der Waals surface area (Å²) in [6.45, 7) is 2.15. The number of nitrogens with one attached hydrogen (secondary N) is 1. The van der Waals surface area contributed by atoms with Crippen molar-refractivity contribution in [3.63, 3.8) is 0 Å². The number of anilines is 1. The van der Waals surface area contributed by atoms with E-state index in [0.717, 1.165) is 10.9 Å². The summed E-state index contributed by atoms with van der Waals surface area (Å²) in [6.07, 6.45) is 2.41. The first-order valence-corrected chi connectivity index (χ1v) is 6.29. The summed E-state index contributed by atoms with van der Waals surface area (Å²) in [6, 6.07) is 0. The predicted molar refractivity (Wildman–Crippen MR) is 74.5 cm³/mol. The minimum absolute atomic E-state index is 0.0385. The van der Waals surface area contributed by atoms with Crippen molar-refractivity contribution >= 4 is 23.5 Å². The van der Waals surface area contributed by atoms with E-state index in [1.807, 2.05) is 0 Å². The van der Waals surface area contributed by atoms with E-state index >= 15 is 0 Å². The number of primary amides is 1. The lowest BCUT2D eigenvalue weighted by molar-refractivity contribution is 0.0680. The van der Waals surface area contributed by atoms with Crippen molar-refractivity contribution in [2.45, 2.75) is 13.5 Å². The zero-order valence-corrected chi connectivity index (χ0v) is 11.9. The summed E-state index contributed by atoms with van der Waals surface area (Å²) in [5, 5.41) is 19.2. The summed E-state index contributed by atoms with van der Waals surface area (Å²) in [5.41, 5.74) is 5.03. The van der Waals surface area contributed by atoms with E-state index in [9.17, 15) is 14.4 Å². The monoisotopic (exact) mass is 306 g/mol. The van der Waals surface area contributed by atoms with Gasteiger partial charge >= 0.3 is 5.97 Å². The first kappa shape index (κ1) is 15.2. The second kappa shape index (κ2) is 5.68. The lowest BCUT2D eigenvalue weighted by Crippen LogP contribution is -2.22. The van der Waals surface area contributed by atoms with Gasteiger partial charge in [-0.3, -0.25) is 19.0 Å². The molecule has 0 aliphatic carbocycles. The molecule has 0 unspecified atom stereocenters. The smallest absolute Gasteiger partial charge is 0.354 e. The normalized spacial score (nSPS) is 10.5. The van der Waals surface area contributed by atoms with Gasteiger partial charge in [0.2, 0.25) is 0 Å². The summed E-state index contributed by atoms with van der Waals surface area (Å²) in [7, 11) is 1.41. The first-order chi connectivity index (χ1) is 10.4. The number of carbonyl (C=O) groups is 3. The Morgan fingerprint density at radius 2 is 1.95 bits per heavy atom. The molecule has 0 aliphatic heterocycles. The molecule has 10 nitrogen and oxygen atoms in total. The summed E-state index contributed by atoms with van der Waals surface area (Å²) in [4.78, 5) is 34.8. The van der Waals surface area contributed by atoms with Gasteiger partial charge in [0, 0.05) is 13.6 Å². The average Bonchev–Trinajstić information content (AvgIpc) is 3.01. The fourth-order valence-electron chi connectivity index (χ4n) is 2.02. The van der Waals surface area contributed by atoms with Crippen LogP contribution >= 0.6 is 0 Å². The van der Waals surface area contributed by atoms with E-state index in [1.54, 1.807) is 6.92 Å². The van der Waals surface area contributed by atoms with Gasteiger partial charge in [-0.05, 0) is 6.92 Å². The van der Waals surface area contributed by atoms with E-state index < -0.39 is 17.8 Å². The zero-order valence-electron chi connectivity index (χ0n) is 11.9. The molecule has 4 N–H and O–H groups in total. The van der Waals surface area contributed by atoms with Gasteiger partial charge in [-0.25, -0.2) is 4.79 Å². The molecule has 0 aliphatic rings. The maximum Gasteiger partial charge on any atom is 0.354 e. The zero-order chi connectivity index (χ0) is 16.4. The maximum atomic E-state index is 12.2. The van der Waals surface area contributed by atoms with E-state index in [-0.39, 0.29) is 22.6 Å². The summed E-state index contributed by atoms with van der Waals surface area (Å²) in [5.74, 6) is -2.76. The standard InChI is InChI=1S/C12H14N6O4/c1-3-18-9(10(13)19)7(5-15-18)16-11(20)6-4-14-17(2)8(6)12(21)22/h4-5H,3H2,1-2H3,(H2,13,19)(H,16,20)(H,21,22). The van der Waals surface area contributed by atoms with Crippen molar-refractivity contribution in [3.8, 4) is 0 Å². The van der Waals surface area contributed by atoms with Gasteiger partial charge in [-0.15, -0.1) is 0 Å². The van der Waals surface area contributed by atoms with E-state index in [0.29, 0.717) is 6.54 Å². The number of aromatic nitrogens is 4. The van der Waals surface area contributed by atoms with Gasteiger partial charge in [0.15, 0.2) is 5.69 Å². The number of aryl methyl sites for hydroxylation is 2. The molecule has 0 spiro atoms. The molecule has 2 amide bonds. The lowest BCUT2D eigenvalue weighted by atomic mass is 10.2. The van der Waals surface area contributed by atoms with Crippen LogP contribution in [0.5, 0.6) is 0 Å². The number of nitrogens with two attached hydrogens (primary N) is 1. The van der Waals surface area contributed by atoms with Gasteiger partial charge in [0.25, 0.3) is 11.8 Å². The van der Waals surface area contributed by atoms with Crippen LogP contribution < -0.4 is 11.1 Å². The molecule has 0 atom stereocenters. The molecule has 0 fully saturated rings. The quantitative estimate of drug-likeness (QED) is 0.690. The molecule has 0 aromatic carbocycles. The topological polar surface area (TPSA) is 145 Å². The van der Waals surface area contributed by atoms with E-state index in [1.165, 1.54) is 17.9 Å². The Balaban J connectivity index is 2.36. The number of carbonyl (C=O) groups excluding carboxylic acids is 2. The average molecular weight is 306 g/mol. The van der Waals surface area contributed by atoms with Crippen LogP contribution in [0.2, 0.25) is 0 Å². The number of amides is 2. The van der Waals surface area contributed by atoms with Crippen molar-refractivity contribution in [1.29, 1.82) is 0 Å². The fourth-order valence-corrected chi connectivity index (χ4v) is 2.02. The van der Waals surface area contributed by atoms with Crippen molar-refractivity contribution in [1.82, 2.24) is 19.6 Å². The first-order valence-electron chi connectivity index (χ1n) is 6.29. The molecule has 2 aromatic rings. The van der Waals surface area contributed by atoms with Gasteiger partial charge < -0.3 is 16.2 Å². The summed E-state index contributed by atoms with van der Waals surface area (Å²) >= 11 is 0. The van der Waals surface area contributed by atoms with E-state index in [2.05, 4.69) is 15.5 Å². The van der Waals surface area contributed by atoms with Crippen molar-refractivity contribution < 1.29 is 19.5 Å². The van der Waals surface area contributed by atoms with Crippen LogP contribution in [0, 0.1) is 0 Å². The number of aromatic carboxylic acids is 1. The van der Waals surface area contributed by atoms with Gasteiger partial charge in [-0.2, -0.15) is 10.2 Å². The molecule has 2 aromatic heterocycles. The highest BCUT2D eigenvalue weighted by atomic mass is 16.4. The van der Waals surface area contributed by atoms with Crippen molar-refractivity contribution in [3.05, 3.63) is 29.3 Å². The van der Waals surface area contributed by atoms with Crippen molar-refractivity contribution in [2.24, 2.45) is 12.8 Å². The molecule has 116 valence electrons. The minimum atomic E-state index is -1.29. The van der Waals surface area contributed by atoms with Crippen LogP contribution in [0.4, 0.5) is 5.69 Å². The molecule has 0 bridgehead atoms. The van der Waals surface area contributed by atoms with Crippen LogP contribution in [-0.4, -0.2) is 42.5 Å². The van der Waals surface area contributed by atoms with Crippen molar-refractivity contribution in [2.75, 3.05) is 5.32 Å². The highest BCUT2D eigenvalue weighted by molar-refractivity contribution is 6.11.